The van der Waals surface area contributed by atoms with Gasteiger partial charge in [-0.3, -0.25) is 4.79 Å². The van der Waals surface area contributed by atoms with Crippen LogP contribution in [0.15, 0.2) is 47.1 Å². The summed E-state index contributed by atoms with van der Waals surface area (Å²) in [5, 5.41) is 14.5. The Kier molecular flexibility index (Phi) is 6.47. The summed E-state index contributed by atoms with van der Waals surface area (Å²) in [6.45, 7) is 1.07. The van der Waals surface area contributed by atoms with Crippen molar-refractivity contribution in [2.45, 2.75) is 51.2 Å². The molecule has 2 aliphatic rings. The Morgan fingerprint density at radius 2 is 2.00 bits per heavy atom. The predicted molar refractivity (Wildman–Crippen MR) is 136 cm³/mol. The normalized spacial score (nSPS) is 18.1. The maximum atomic E-state index is 12.9. The van der Waals surface area contributed by atoms with Crippen molar-refractivity contribution in [3.8, 4) is 11.4 Å². The Morgan fingerprint density at radius 3 is 2.79 bits per heavy atom. The smallest absolute Gasteiger partial charge is 0.356 e. The van der Waals surface area contributed by atoms with Crippen molar-refractivity contribution < 1.29 is 22.7 Å². The molecule has 0 N–H and O–H groups in total. The minimum absolute atomic E-state index is 0.0553. The van der Waals surface area contributed by atoms with Crippen molar-refractivity contribution in [3.63, 3.8) is 0 Å². The first-order valence-electron chi connectivity index (χ1n) is 12.4. The lowest BCUT2D eigenvalue weighted by atomic mass is 9.97. The number of carbonyl (C=O) groups is 1. The number of ether oxygens (including phenoxy) is 1. The van der Waals surface area contributed by atoms with Gasteiger partial charge < -0.3 is 9.64 Å². The van der Waals surface area contributed by atoms with Crippen LogP contribution in [0.25, 0.3) is 22.3 Å². The third-order valence-electron chi connectivity index (χ3n) is 7.04. The molecule has 0 bridgehead atoms. The molecule has 4 heterocycles. The van der Waals surface area contributed by atoms with Crippen LogP contribution in [0.4, 0.5) is 13.2 Å². The number of alkyl halides is 3. The Morgan fingerprint density at radius 1 is 1.13 bits per heavy atom. The maximum absolute atomic E-state index is 12.9. The van der Waals surface area contributed by atoms with Gasteiger partial charge in [-0.05, 0) is 60.6 Å². The van der Waals surface area contributed by atoms with Crippen LogP contribution in [0.3, 0.4) is 0 Å². The van der Waals surface area contributed by atoms with Crippen LogP contribution >= 0.6 is 15.9 Å². The van der Waals surface area contributed by atoms with Gasteiger partial charge in [-0.25, -0.2) is 9.36 Å². The molecular formula is C26H24BrF3N6O2. The van der Waals surface area contributed by atoms with E-state index < -0.39 is 12.1 Å². The lowest BCUT2D eigenvalue weighted by molar-refractivity contribution is -0.186. The van der Waals surface area contributed by atoms with Gasteiger partial charge in [-0.1, -0.05) is 39.3 Å². The van der Waals surface area contributed by atoms with E-state index in [-0.39, 0.29) is 19.3 Å². The van der Waals surface area contributed by atoms with Gasteiger partial charge in [0, 0.05) is 29.6 Å². The molecule has 8 nitrogen and oxygen atoms in total. The van der Waals surface area contributed by atoms with E-state index in [0.29, 0.717) is 36.5 Å². The van der Waals surface area contributed by atoms with Crippen molar-refractivity contribution in [1.82, 2.24) is 29.7 Å². The second kappa shape index (κ2) is 9.81. The van der Waals surface area contributed by atoms with Crippen LogP contribution in [-0.4, -0.2) is 54.9 Å². The van der Waals surface area contributed by atoms with Crippen molar-refractivity contribution in [2.75, 3.05) is 13.2 Å². The highest BCUT2D eigenvalue weighted by molar-refractivity contribution is 9.10. The van der Waals surface area contributed by atoms with Gasteiger partial charge in [0.05, 0.1) is 18.3 Å². The van der Waals surface area contributed by atoms with Gasteiger partial charge in [-0.15, -0.1) is 5.10 Å². The average Bonchev–Trinajstić information content (AvgIpc) is 3.52. The SMILES string of the molecule is O=C(N1CCc2ccc(Cn3cc(-c4nn(C5CCCCO5)c5ccc(Br)cc45)nn3)cc2C1)C(F)(F)F. The minimum atomic E-state index is -4.87. The number of hydrogen-bond donors (Lipinski definition) is 0. The molecule has 1 amide bonds. The molecule has 38 heavy (non-hydrogen) atoms. The average molecular weight is 589 g/mol. The summed E-state index contributed by atoms with van der Waals surface area (Å²) >= 11 is 3.55. The maximum Gasteiger partial charge on any atom is 0.471 e. The minimum Gasteiger partial charge on any atom is -0.356 e. The Labute approximate surface area is 224 Å². The Bertz CT molecular complexity index is 1510. The van der Waals surface area contributed by atoms with E-state index in [1.54, 1.807) is 4.68 Å². The second-order valence-electron chi connectivity index (χ2n) is 9.65. The molecule has 1 fully saturated rings. The lowest BCUT2D eigenvalue weighted by Crippen LogP contribution is -2.43. The number of nitrogens with zero attached hydrogens (tertiary/aromatic N) is 6. The monoisotopic (exact) mass is 588 g/mol. The summed E-state index contributed by atoms with van der Waals surface area (Å²) in [5.74, 6) is -1.80. The highest BCUT2D eigenvalue weighted by Gasteiger charge is 2.43. The topological polar surface area (TPSA) is 78.1 Å². The van der Waals surface area contributed by atoms with Crippen molar-refractivity contribution >= 4 is 32.7 Å². The van der Waals surface area contributed by atoms with E-state index in [0.717, 1.165) is 50.7 Å². The summed E-state index contributed by atoms with van der Waals surface area (Å²) < 4.78 is 49.3. The van der Waals surface area contributed by atoms with E-state index in [1.807, 2.05) is 47.3 Å². The first kappa shape index (κ1) is 25.1. The molecule has 0 spiro atoms. The van der Waals surface area contributed by atoms with Crippen LogP contribution in [0.1, 0.15) is 42.2 Å². The van der Waals surface area contributed by atoms with Crippen molar-refractivity contribution in [3.05, 3.63) is 63.8 Å². The lowest BCUT2D eigenvalue weighted by Gasteiger charge is -2.29. The van der Waals surface area contributed by atoms with Gasteiger partial charge >= 0.3 is 12.1 Å². The molecule has 1 unspecified atom stereocenters. The Hall–Kier alpha value is -3.25. The van der Waals surface area contributed by atoms with Crippen LogP contribution in [0.2, 0.25) is 0 Å². The molecule has 2 aromatic heterocycles. The highest BCUT2D eigenvalue weighted by Crippen LogP contribution is 2.34. The summed E-state index contributed by atoms with van der Waals surface area (Å²) in [7, 11) is 0. The molecule has 12 heteroatoms. The second-order valence-corrected chi connectivity index (χ2v) is 10.6. The molecular weight excluding hydrogens is 565 g/mol. The molecule has 198 valence electrons. The molecule has 2 aromatic carbocycles. The van der Waals surface area contributed by atoms with Crippen LogP contribution in [-0.2, 0) is 29.0 Å². The van der Waals surface area contributed by atoms with Crippen LogP contribution in [0.5, 0.6) is 0 Å². The molecule has 1 saturated heterocycles. The fraction of sp³-hybridized carbons (Fsp3) is 0.385. The van der Waals surface area contributed by atoms with Crippen molar-refractivity contribution in [1.29, 1.82) is 0 Å². The van der Waals surface area contributed by atoms with Gasteiger partial charge in [0.15, 0.2) is 6.23 Å². The molecule has 4 aromatic rings. The van der Waals surface area contributed by atoms with E-state index in [2.05, 4.69) is 26.2 Å². The molecule has 2 aliphatic heterocycles. The van der Waals surface area contributed by atoms with Crippen LogP contribution in [0, 0.1) is 0 Å². The van der Waals surface area contributed by atoms with Gasteiger partial charge in [0.1, 0.15) is 11.4 Å². The van der Waals surface area contributed by atoms with Gasteiger partial charge in [0.2, 0.25) is 0 Å². The fourth-order valence-electron chi connectivity index (χ4n) is 5.17. The van der Waals surface area contributed by atoms with E-state index in [1.165, 1.54) is 0 Å². The largest absolute Gasteiger partial charge is 0.471 e. The molecule has 6 rings (SSSR count). The number of aromatic nitrogens is 5. The zero-order chi connectivity index (χ0) is 26.4. The predicted octanol–water partition coefficient (Wildman–Crippen LogP) is 5.25. The number of halogens is 4. The standard InChI is InChI=1S/C26H24BrF3N6O2/c27-19-6-7-22-20(12-19)24(32-36(22)23-3-1-2-10-38-23)21-15-35(33-31-21)13-16-4-5-17-8-9-34(14-18(17)11-16)25(37)26(28,29)30/h4-7,11-12,15,23H,1-3,8-10,13-14H2. The van der Waals surface area contributed by atoms with Gasteiger partial charge in [0.25, 0.3) is 0 Å². The van der Waals surface area contributed by atoms with E-state index in [4.69, 9.17) is 9.84 Å². The van der Waals surface area contributed by atoms with Crippen molar-refractivity contribution in [2.24, 2.45) is 0 Å². The third kappa shape index (κ3) is 4.82. The number of benzene rings is 2. The van der Waals surface area contributed by atoms with Crippen LogP contribution < -0.4 is 0 Å². The highest BCUT2D eigenvalue weighted by atomic mass is 79.9. The van der Waals surface area contributed by atoms with E-state index >= 15 is 0 Å². The fourth-order valence-corrected chi connectivity index (χ4v) is 5.53. The number of fused-ring (bicyclic) bond motifs is 2. The molecule has 0 radical (unpaired) electrons. The first-order chi connectivity index (χ1) is 18.3. The quantitative estimate of drug-likeness (QED) is 0.325. The summed E-state index contributed by atoms with van der Waals surface area (Å²) in [4.78, 5) is 12.6. The summed E-state index contributed by atoms with van der Waals surface area (Å²) in [5.41, 5.74) is 4.80. The number of carbonyl (C=O) groups excluding carboxylic acids is 1. The molecule has 0 aliphatic carbocycles. The molecule has 0 saturated carbocycles. The Balaban J connectivity index is 1.26. The number of amides is 1. The van der Waals surface area contributed by atoms with Gasteiger partial charge in [-0.2, -0.15) is 18.3 Å². The third-order valence-corrected chi connectivity index (χ3v) is 7.53. The zero-order valence-corrected chi connectivity index (χ0v) is 21.9. The molecule has 1 atom stereocenters. The zero-order valence-electron chi connectivity index (χ0n) is 20.3. The van der Waals surface area contributed by atoms with E-state index in [9.17, 15) is 18.0 Å². The number of hydrogen-bond acceptors (Lipinski definition) is 5. The number of rotatable bonds is 4. The summed E-state index contributed by atoms with van der Waals surface area (Å²) in [6.07, 6.45) is 0.217. The first-order valence-corrected chi connectivity index (χ1v) is 13.2. The summed E-state index contributed by atoms with van der Waals surface area (Å²) in [6, 6.07) is 11.7.